The van der Waals surface area contributed by atoms with Crippen LogP contribution < -0.4 is 4.90 Å². The van der Waals surface area contributed by atoms with Crippen molar-refractivity contribution in [3.63, 3.8) is 0 Å². The molecule has 2 N–H and O–H groups in total. The number of phenols is 1. The largest absolute Gasteiger partial charge is 0.507 e. The van der Waals surface area contributed by atoms with E-state index in [2.05, 4.69) is 5.16 Å². The summed E-state index contributed by atoms with van der Waals surface area (Å²) < 4.78 is 0. The molecule has 5 heteroatoms. The average molecular weight is 287 g/mol. The van der Waals surface area contributed by atoms with Gasteiger partial charge in [0, 0.05) is 37.3 Å². The van der Waals surface area contributed by atoms with Crippen LogP contribution in [0.4, 0.5) is 0 Å². The lowest BCUT2D eigenvalue weighted by Crippen LogP contribution is -3.14. The number of nitrogens with one attached hydrogen (secondary N) is 1. The summed E-state index contributed by atoms with van der Waals surface area (Å²) in [6.07, 6.45) is 4.08. The number of piperidine rings is 3. The third kappa shape index (κ3) is 2.83. The summed E-state index contributed by atoms with van der Waals surface area (Å²) >= 11 is 0. The first-order valence-corrected chi connectivity index (χ1v) is 7.26. The third-order valence-electron chi connectivity index (χ3n) is 4.14. The van der Waals surface area contributed by atoms with Crippen molar-refractivity contribution < 1.29 is 19.6 Å². The number of para-hydroxylation sites is 1. The van der Waals surface area contributed by atoms with E-state index in [1.54, 1.807) is 12.1 Å². The summed E-state index contributed by atoms with van der Waals surface area (Å²) in [4.78, 5) is 17.2. The number of oxime groups is 1. The minimum absolute atomic E-state index is 0.249. The average Bonchev–Trinajstić information content (AvgIpc) is 2.49. The predicted octanol–water partition coefficient (Wildman–Crippen LogP) is 0.961. The lowest BCUT2D eigenvalue weighted by atomic mass is 9.83. The fourth-order valence-corrected chi connectivity index (χ4v) is 3.09. The number of phenolic OH excluding ortho intramolecular Hbond substituents is 1. The number of carbonyl (C=O) groups excluding carboxylic acids is 1. The molecule has 0 aromatic heterocycles. The van der Waals surface area contributed by atoms with Gasteiger partial charge in [-0.25, -0.2) is 4.79 Å². The number of benzene rings is 1. The molecule has 110 valence electrons. The Morgan fingerprint density at radius 3 is 2.76 bits per heavy atom. The van der Waals surface area contributed by atoms with E-state index in [4.69, 9.17) is 4.84 Å². The van der Waals surface area contributed by atoms with Crippen molar-refractivity contribution in [2.75, 3.05) is 13.1 Å². The van der Waals surface area contributed by atoms with E-state index >= 15 is 0 Å². The third-order valence-corrected chi connectivity index (χ3v) is 4.14. The Morgan fingerprint density at radius 1 is 1.38 bits per heavy atom. The van der Waals surface area contributed by atoms with Gasteiger partial charge in [0.1, 0.15) is 11.5 Å². The van der Waals surface area contributed by atoms with Gasteiger partial charge in [0.25, 0.3) is 0 Å². The van der Waals surface area contributed by atoms with E-state index in [-0.39, 0.29) is 5.75 Å². The molecule has 1 aromatic rings. The summed E-state index contributed by atoms with van der Waals surface area (Å²) in [6, 6.07) is 7.22. The molecule has 3 fully saturated rings. The fourth-order valence-electron chi connectivity index (χ4n) is 3.09. The highest BCUT2D eigenvalue weighted by molar-refractivity contribution is 6.04. The smallest absolute Gasteiger partial charge is 0.331 e. The van der Waals surface area contributed by atoms with Crippen LogP contribution in [0.3, 0.4) is 0 Å². The Bertz CT molecular complexity index is 614. The van der Waals surface area contributed by atoms with Gasteiger partial charge in [0.2, 0.25) is 0 Å². The first-order chi connectivity index (χ1) is 10.1. The zero-order valence-corrected chi connectivity index (χ0v) is 12.0. The molecular formula is C16H19N2O3+. The number of hydrogen-bond acceptors (Lipinski definition) is 4. The molecule has 0 atom stereocenters. The number of nitrogens with zero attached hydrogens (tertiary/aromatic N) is 1. The number of hydrogen-bond donors (Lipinski definition) is 2. The number of quaternary nitrogens is 1. The molecule has 3 aliphatic heterocycles. The molecule has 2 bridgehead atoms. The molecular weight excluding hydrogens is 268 g/mol. The van der Waals surface area contributed by atoms with Gasteiger partial charge >= 0.3 is 5.97 Å². The van der Waals surface area contributed by atoms with Crippen LogP contribution in [0.2, 0.25) is 0 Å². The van der Waals surface area contributed by atoms with E-state index < -0.39 is 5.97 Å². The van der Waals surface area contributed by atoms with Crippen LogP contribution in [0.25, 0.3) is 6.08 Å². The number of fused-ring (bicyclic) bond motifs is 3. The Morgan fingerprint density at radius 2 is 2.10 bits per heavy atom. The van der Waals surface area contributed by atoms with Crippen LogP contribution in [0.15, 0.2) is 35.1 Å². The van der Waals surface area contributed by atoms with Gasteiger partial charge < -0.3 is 14.8 Å². The normalized spacial score (nSPS) is 28.0. The van der Waals surface area contributed by atoms with Crippen LogP contribution >= 0.6 is 0 Å². The van der Waals surface area contributed by atoms with Gasteiger partial charge in [-0.05, 0) is 6.07 Å². The topological polar surface area (TPSA) is 63.3 Å². The van der Waals surface area contributed by atoms with Gasteiger partial charge in [-0.1, -0.05) is 23.4 Å². The Kier molecular flexibility index (Phi) is 3.75. The van der Waals surface area contributed by atoms with Crippen LogP contribution in [0, 0.1) is 5.92 Å². The highest BCUT2D eigenvalue weighted by Crippen LogP contribution is 2.25. The predicted molar refractivity (Wildman–Crippen MR) is 78.7 cm³/mol. The van der Waals surface area contributed by atoms with Crippen molar-refractivity contribution >= 4 is 17.8 Å². The fraction of sp³-hybridized carbons (Fsp3) is 0.375. The Labute approximate surface area is 123 Å². The molecule has 4 rings (SSSR count). The highest BCUT2D eigenvalue weighted by Gasteiger charge is 2.40. The molecule has 0 saturated carbocycles. The second kappa shape index (κ2) is 5.69. The number of carbonyl (C=O) groups is 1. The van der Waals surface area contributed by atoms with Crippen molar-refractivity contribution in [2.24, 2.45) is 11.1 Å². The maximum absolute atomic E-state index is 11.0. The van der Waals surface area contributed by atoms with Crippen LogP contribution in [-0.4, -0.2) is 29.9 Å². The molecule has 5 nitrogen and oxygen atoms in total. The lowest BCUT2D eigenvalue weighted by molar-refractivity contribution is -0.865. The van der Waals surface area contributed by atoms with Gasteiger partial charge in [-0.2, -0.15) is 0 Å². The Balaban J connectivity index is 1.99. The molecule has 0 radical (unpaired) electrons. The number of aromatic hydroxyl groups is 1. The molecule has 21 heavy (non-hydrogen) atoms. The molecule has 3 saturated heterocycles. The summed E-state index contributed by atoms with van der Waals surface area (Å²) in [5.74, 6) is 0.189. The van der Waals surface area contributed by atoms with Gasteiger partial charge in [0.05, 0.1) is 13.1 Å². The Hall–Kier alpha value is -2.14. The number of rotatable bonds is 2. The van der Waals surface area contributed by atoms with Crippen molar-refractivity contribution in [1.82, 2.24) is 0 Å². The van der Waals surface area contributed by atoms with Crippen LogP contribution in [0.5, 0.6) is 5.75 Å². The molecule has 0 spiro atoms. The molecule has 1 aromatic carbocycles. The summed E-state index contributed by atoms with van der Waals surface area (Å²) in [7, 11) is 0. The van der Waals surface area contributed by atoms with Crippen molar-refractivity contribution in [3.05, 3.63) is 35.5 Å². The molecule has 0 amide bonds. The first kappa shape index (κ1) is 13.8. The second-order valence-corrected chi connectivity index (χ2v) is 5.55. The number of allylic oxidation sites excluding steroid dienone is 1. The second-order valence-electron chi connectivity index (χ2n) is 5.55. The monoisotopic (exact) mass is 287 g/mol. The minimum Gasteiger partial charge on any atom is -0.507 e. The van der Waals surface area contributed by atoms with E-state index in [9.17, 15) is 9.90 Å². The van der Waals surface area contributed by atoms with Crippen LogP contribution in [0.1, 0.15) is 25.3 Å². The first-order valence-electron chi connectivity index (χ1n) is 7.26. The quantitative estimate of drug-likeness (QED) is 0.629. The molecule has 0 unspecified atom stereocenters. The molecule has 0 aliphatic carbocycles. The SMILES string of the molecule is CC(=O)O/N=C1/C(=C/c2ccccc2O)[NH+]2CCC1CC2. The standard InChI is InChI=1S/C16H18N2O3/c1-11(19)21-17-16-12-6-8-18(9-7-12)14(16)10-13-4-2-3-5-15(13)20/h2-5,10,12,20H,6-9H2,1H3/p+1/b14-10-,17-16+. The lowest BCUT2D eigenvalue weighted by Gasteiger charge is -2.37. The maximum atomic E-state index is 11.0. The summed E-state index contributed by atoms with van der Waals surface area (Å²) in [6.45, 7) is 3.47. The van der Waals surface area contributed by atoms with Crippen molar-refractivity contribution in [1.29, 1.82) is 0 Å². The highest BCUT2D eigenvalue weighted by atomic mass is 16.7. The van der Waals surface area contributed by atoms with Gasteiger partial charge in [-0.3, -0.25) is 0 Å². The zero-order valence-electron chi connectivity index (χ0n) is 12.0. The minimum atomic E-state index is -0.407. The van der Waals surface area contributed by atoms with E-state index in [0.29, 0.717) is 5.92 Å². The van der Waals surface area contributed by atoms with E-state index in [1.165, 1.54) is 11.8 Å². The maximum Gasteiger partial charge on any atom is 0.331 e. The van der Waals surface area contributed by atoms with E-state index in [1.807, 2.05) is 18.2 Å². The van der Waals surface area contributed by atoms with Crippen LogP contribution in [-0.2, 0) is 9.63 Å². The van der Waals surface area contributed by atoms with Crippen molar-refractivity contribution in [2.45, 2.75) is 19.8 Å². The summed E-state index contributed by atoms with van der Waals surface area (Å²) in [5, 5.41) is 14.0. The van der Waals surface area contributed by atoms with Gasteiger partial charge in [0.15, 0.2) is 5.70 Å². The summed E-state index contributed by atoms with van der Waals surface area (Å²) in [5.41, 5.74) is 2.64. The molecule has 3 aliphatic rings. The van der Waals surface area contributed by atoms with Gasteiger partial charge in [-0.15, -0.1) is 0 Å². The van der Waals surface area contributed by atoms with Crippen molar-refractivity contribution in [3.8, 4) is 5.75 Å². The van der Waals surface area contributed by atoms with E-state index in [0.717, 1.165) is 42.9 Å². The molecule has 3 heterocycles. The zero-order chi connectivity index (χ0) is 14.8.